The molecule has 1 saturated heterocycles. The highest BCUT2D eigenvalue weighted by molar-refractivity contribution is 6.05. The third kappa shape index (κ3) is 5.50. The van der Waals surface area contributed by atoms with Gasteiger partial charge < -0.3 is 20.7 Å². The molecule has 6 rings (SSSR count). The molecule has 0 bridgehead atoms. The number of hydrogen-bond acceptors (Lipinski definition) is 8. The van der Waals surface area contributed by atoms with Crippen LogP contribution in [-0.4, -0.2) is 56.5 Å². The van der Waals surface area contributed by atoms with Crippen molar-refractivity contribution in [1.82, 2.24) is 24.3 Å². The fourth-order valence-electron chi connectivity index (χ4n) is 5.14. The van der Waals surface area contributed by atoms with Gasteiger partial charge in [-0.3, -0.25) is 14.3 Å². The average Bonchev–Trinajstić information content (AvgIpc) is 3.21. The van der Waals surface area contributed by atoms with Crippen molar-refractivity contribution in [3.05, 3.63) is 106 Å². The molecule has 0 aliphatic carbocycles. The number of nitrogens with two attached hydrogens (primary N) is 1. The standard InChI is InChI=1S/C32H32N8O3/c1-20-28(32(42)40(38(20)2)17-21-7-5-4-6-8-21)31(41)36-24-11-9-22(10-12-24)29-30(33)35-16-26(37-29)23-13-14-34-27(15-23)39-18-25(19-39)43-3/h4-16,25H,17-19H2,1-3H3,(H2,33,35)(H,36,41). The third-order valence-electron chi connectivity index (χ3n) is 7.82. The van der Waals surface area contributed by atoms with E-state index in [1.54, 1.807) is 55.0 Å². The van der Waals surface area contributed by atoms with Crippen molar-refractivity contribution in [2.45, 2.75) is 19.6 Å². The van der Waals surface area contributed by atoms with Crippen molar-refractivity contribution >= 4 is 23.2 Å². The van der Waals surface area contributed by atoms with Gasteiger partial charge in [0.15, 0.2) is 0 Å². The monoisotopic (exact) mass is 576 g/mol. The van der Waals surface area contributed by atoms with E-state index in [1.807, 2.05) is 54.6 Å². The van der Waals surface area contributed by atoms with Gasteiger partial charge in [-0.1, -0.05) is 42.5 Å². The Labute approximate surface area is 248 Å². The van der Waals surface area contributed by atoms with Gasteiger partial charge >= 0.3 is 0 Å². The lowest BCUT2D eigenvalue weighted by atomic mass is 10.1. The number of methoxy groups -OCH3 is 1. The van der Waals surface area contributed by atoms with E-state index in [9.17, 15) is 9.59 Å². The minimum atomic E-state index is -0.466. The van der Waals surface area contributed by atoms with Crippen LogP contribution in [0.1, 0.15) is 21.6 Å². The lowest BCUT2D eigenvalue weighted by molar-refractivity contribution is 0.0783. The summed E-state index contributed by atoms with van der Waals surface area (Å²) in [7, 11) is 3.49. The molecule has 11 nitrogen and oxygen atoms in total. The summed E-state index contributed by atoms with van der Waals surface area (Å²) < 4.78 is 8.65. The van der Waals surface area contributed by atoms with Crippen LogP contribution in [0, 0.1) is 6.92 Å². The Kier molecular flexibility index (Phi) is 7.47. The zero-order valence-electron chi connectivity index (χ0n) is 24.2. The first kappa shape index (κ1) is 27.9. The smallest absolute Gasteiger partial charge is 0.280 e. The number of hydrogen-bond donors (Lipinski definition) is 2. The zero-order chi connectivity index (χ0) is 30.1. The van der Waals surface area contributed by atoms with Crippen LogP contribution in [0.2, 0.25) is 0 Å². The first-order valence-corrected chi connectivity index (χ1v) is 13.9. The van der Waals surface area contributed by atoms with Crippen LogP contribution in [0.4, 0.5) is 17.3 Å². The van der Waals surface area contributed by atoms with E-state index >= 15 is 0 Å². The molecule has 3 N–H and O–H groups in total. The largest absolute Gasteiger partial charge is 0.382 e. The normalized spacial score (nSPS) is 13.1. The van der Waals surface area contributed by atoms with E-state index in [1.165, 1.54) is 0 Å². The van der Waals surface area contributed by atoms with Crippen LogP contribution < -0.4 is 21.5 Å². The zero-order valence-corrected chi connectivity index (χ0v) is 24.2. The summed E-state index contributed by atoms with van der Waals surface area (Å²) in [6.07, 6.45) is 3.62. The molecule has 1 aliphatic rings. The third-order valence-corrected chi connectivity index (χ3v) is 7.82. The van der Waals surface area contributed by atoms with Gasteiger partial charge in [0.2, 0.25) is 0 Å². The summed E-state index contributed by atoms with van der Waals surface area (Å²) in [6, 6.07) is 20.7. The number of benzene rings is 2. The van der Waals surface area contributed by atoms with Crippen LogP contribution in [0.15, 0.2) is 83.9 Å². The topological polar surface area (TPSA) is 133 Å². The molecule has 0 radical (unpaired) electrons. The number of carbonyl (C=O) groups excluding carboxylic acids is 1. The van der Waals surface area contributed by atoms with E-state index in [-0.39, 0.29) is 17.2 Å². The van der Waals surface area contributed by atoms with Gasteiger partial charge in [-0.2, -0.15) is 0 Å². The Balaban J connectivity index is 1.20. The lowest BCUT2D eigenvalue weighted by Crippen LogP contribution is -2.52. The van der Waals surface area contributed by atoms with Gasteiger partial charge in [0.1, 0.15) is 22.9 Å². The van der Waals surface area contributed by atoms with Crippen LogP contribution >= 0.6 is 0 Å². The first-order valence-electron chi connectivity index (χ1n) is 13.9. The molecule has 3 aromatic heterocycles. The molecule has 11 heteroatoms. The maximum Gasteiger partial charge on any atom is 0.280 e. The van der Waals surface area contributed by atoms with Crippen molar-refractivity contribution in [3.8, 4) is 22.5 Å². The Morgan fingerprint density at radius 3 is 2.51 bits per heavy atom. The van der Waals surface area contributed by atoms with Crippen LogP contribution in [0.5, 0.6) is 0 Å². The Bertz CT molecular complexity index is 1840. The average molecular weight is 577 g/mol. The van der Waals surface area contributed by atoms with Crippen molar-refractivity contribution in [3.63, 3.8) is 0 Å². The van der Waals surface area contributed by atoms with E-state index in [4.69, 9.17) is 15.5 Å². The number of pyridine rings is 1. The summed E-state index contributed by atoms with van der Waals surface area (Å²) in [5, 5.41) is 2.86. The molecule has 5 aromatic rings. The molecule has 0 unspecified atom stereocenters. The second-order valence-corrected chi connectivity index (χ2v) is 10.5. The summed E-state index contributed by atoms with van der Waals surface area (Å²) in [5.74, 6) is 0.678. The van der Waals surface area contributed by atoms with E-state index < -0.39 is 5.91 Å². The Hall–Kier alpha value is -5.29. The Morgan fingerprint density at radius 2 is 1.79 bits per heavy atom. The molecule has 218 valence electrons. The van der Waals surface area contributed by atoms with Gasteiger partial charge in [-0.05, 0) is 36.8 Å². The molecule has 0 atom stereocenters. The van der Waals surface area contributed by atoms with E-state index in [0.29, 0.717) is 35.1 Å². The molecule has 0 saturated carbocycles. The van der Waals surface area contributed by atoms with Crippen LogP contribution in [0.3, 0.4) is 0 Å². The Morgan fingerprint density at radius 1 is 1.05 bits per heavy atom. The highest BCUT2D eigenvalue weighted by Crippen LogP contribution is 2.29. The number of amides is 1. The van der Waals surface area contributed by atoms with Gasteiger partial charge in [-0.15, -0.1) is 0 Å². The molecular formula is C32H32N8O3. The first-order chi connectivity index (χ1) is 20.8. The maximum absolute atomic E-state index is 13.2. The predicted octanol–water partition coefficient (Wildman–Crippen LogP) is 3.73. The number of anilines is 3. The highest BCUT2D eigenvalue weighted by Gasteiger charge is 2.27. The summed E-state index contributed by atoms with van der Waals surface area (Å²) in [6.45, 7) is 3.72. The molecular weight excluding hydrogens is 544 g/mol. The molecule has 2 aromatic carbocycles. The summed E-state index contributed by atoms with van der Waals surface area (Å²) in [4.78, 5) is 42.3. The predicted molar refractivity (Wildman–Crippen MR) is 166 cm³/mol. The van der Waals surface area contributed by atoms with Crippen LogP contribution in [-0.2, 0) is 18.3 Å². The fourth-order valence-corrected chi connectivity index (χ4v) is 5.14. The molecule has 1 amide bonds. The molecule has 0 spiro atoms. The van der Waals surface area contributed by atoms with Gasteiger partial charge in [0, 0.05) is 56.0 Å². The number of rotatable bonds is 8. The second-order valence-electron chi connectivity index (χ2n) is 10.5. The molecule has 43 heavy (non-hydrogen) atoms. The van der Waals surface area contributed by atoms with Crippen molar-refractivity contribution in [2.24, 2.45) is 7.05 Å². The van der Waals surface area contributed by atoms with Crippen molar-refractivity contribution in [1.29, 1.82) is 0 Å². The van der Waals surface area contributed by atoms with Crippen molar-refractivity contribution in [2.75, 3.05) is 36.1 Å². The minimum absolute atomic E-state index is 0.109. The fraction of sp³-hybridized carbons (Fsp3) is 0.219. The number of nitrogens with one attached hydrogen (secondary N) is 1. The number of ether oxygens (including phenoxy) is 1. The second kappa shape index (κ2) is 11.5. The van der Waals surface area contributed by atoms with Gasteiger partial charge in [0.25, 0.3) is 11.5 Å². The number of aromatic nitrogens is 5. The lowest BCUT2D eigenvalue weighted by Gasteiger charge is -2.39. The summed E-state index contributed by atoms with van der Waals surface area (Å²) in [5.41, 5.74) is 10.9. The SMILES string of the molecule is COC1CN(c2cc(-c3cnc(N)c(-c4ccc(NC(=O)c5c(C)n(C)n(Cc6ccccc6)c5=O)cc4)n3)ccn2)C1. The number of nitrogen functional groups attached to an aromatic ring is 1. The van der Waals surface area contributed by atoms with E-state index in [0.717, 1.165) is 35.6 Å². The van der Waals surface area contributed by atoms with Gasteiger partial charge in [-0.25, -0.2) is 19.6 Å². The molecule has 4 heterocycles. The number of carbonyl (C=O) groups is 1. The number of nitrogens with zero attached hydrogens (tertiary/aromatic N) is 6. The summed E-state index contributed by atoms with van der Waals surface area (Å²) >= 11 is 0. The quantitative estimate of drug-likeness (QED) is 0.286. The minimum Gasteiger partial charge on any atom is -0.382 e. The van der Waals surface area contributed by atoms with Crippen molar-refractivity contribution < 1.29 is 9.53 Å². The van der Waals surface area contributed by atoms with E-state index in [2.05, 4.69) is 20.2 Å². The van der Waals surface area contributed by atoms with Gasteiger partial charge in [0.05, 0.1) is 24.5 Å². The molecule has 1 fully saturated rings. The maximum atomic E-state index is 13.2. The van der Waals surface area contributed by atoms with Crippen LogP contribution in [0.25, 0.3) is 22.5 Å². The molecule has 1 aliphatic heterocycles. The highest BCUT2D eigenvalue weighted by atomic mass is 16.5.